The van der Waals surface area contributed by atoms with Gasteiger partial charge in [0, 0.05) is 30.0 Å². The van der Waals surface area contributed by atoms with E-state index in [1.807, 2.05) is 12.2 Å². The van der Waals surface area contributed by atoms with Crippen molar-refractivity contribution in [2.45, 2.75) is 18.9 Å². The van der Waals surface area contributed by atoms with Crippen molar-refractivity contribution < 1.29 is 15.3 Å². The third-order valence-corrected chi connectivity index (χ3v) is 3.21. The molecule has 5 heteroatoms. The molecular weight excluding hydrogens is 280 g/mol. The SMILES string of the molecule is OC1=C(/C=N/CC(O)C/N=C/c2ccccc2O)C=CCC1. The van der Waals surface area contributed by atoms with Crippen LogP contribution in [0, 0.1) is 0 Å². The van der Waals surface area contributed by atoms with Gasteiger partial charge in [0.1, 0.15) is 11.5 Å². The molecule has 2 rings (SSSR count). The maximum absolute atomic E-state index is 9.81. The van der Waals surface area contributed by atoms with E-state index < -0.39 is 6.10 Å². The van der Waals surface area contributed by atoms with Crippen LogP contribution in [0.25, 0.3) is 0 Å². The zero-order valence-electron chi connectivity index (χ0n) is 12.3. The van der Waals surface area contributed by atoms with Gasteiger partial charge >= 0.3 is 0 Å². The number of aliphatic imine (C=N–C) groups is 2. The Morgan fingerprint density at radius 3 is 2.55 bits per heavy atom. The summed E-state index contributed by atoms with van der Waals surface area (Å²) in [7, 11) is 0. The highest BCUT2D eigenvalue weighted by Crippen LogP contribution is 2.14. The van der Waals surface area contributed by atoms with Crippen LogP contribution in [0.2, 0.25) is 0 Å². The largest absolute Gasteiger partial charge is 0.512 e. The molecule has 0 bridgehead atoms. The van der Waals surface area contributed by atoms with Crippen molar-refractivity contribution in [1.29, 1.82) is 0 Å². The fourth-order valence-electron chi connectivity index (χ4n) is 1.99. The maximum Gasteiger partial charge on any atom is 0.124 e. The van der Waals surface area contributed by atoms with Gasteiger partial charge in [0.05, 0.1) is 19.2 Å². The molecule has 1 aromatic carbocycles. The van der Waals surface area contributed by atoms with E-state index in [1.54, 1.807) is 30.5 Å². The Bertz CT molecular complexity index is 618. The number of aromatic hydroxyl groups is 1. The zero-order chi connectivity index (χ0) is 15.8. The van der Waals surface area contributed by atoms with Crippen LogP contribution in [-0.4, -0.2) is 46.9 Å². The third-order valence-electron chi connectivity index (χ3n) is 3.21. The molecule has 0 heterocycles. The van der Waals surface area contributed by atoms with Crippen molar-refractivity contribution in [1.82, 2.24) is 0 Å². The molecule has 0 aliphatic heterocycles. The van der Waals surface area contributed by atoms with Crippen molar-refractivity contribution in [3.8, 4) is 5.75 Å². The molecule has 1 aliphatic rings. The minimum Gasteiger partial charge on any atom is -0.512 e. The first-order chi connectivity index (χ1) is 10.7. The summed E-state index contributed by atoms with van der Waals surface area (Å²) in [6.45, 7) is 0.412. The van der Waals surface area contributed by atoms with E-state index in [0.717, 1.165) is 6.42 Å². The highest BCUT2D eigenvalue weighted by Gasteiger charge is 2.05. The number of phenols is 1. The molecule has 22 heavy (non-hydrogen) atoms. The van der Waals surface area contributed by atoms with Gasteiger partial charge in [-0.1, -0.05) is 24.3 Å². The van der Waals surface area contributed by atoms with Gasteiger partial charge in [-0.25, -0.2) is 0 Å². The van der Waals surface area contributed by atoms with E-state index in [2.05, 4.69) is 9.98 Å². The molecule has 1 aliphatic carbocycles. The molecule has 0 saturated carbocycles. The fraction of sp³-hybridized carbons (Fsp3) is 0.294. The average molecular weight is 300 g/mol. The monoisotopic (exact) mass is 300 g/mol. The van der Waals surface area contributed by atoms with E-state index in [1.165, 1.54) is 6.21 Å². The van der Waals surface area contributed by atoms with Crippen molar-refractivity contribution in [2.24, 2.45) is 9.98 Å². The van der Waals surface area contributed by atoms with Gasteiger partial charge in [0.25, 0.3) is 0 Å². The lowest BCUT2D eigenvalue weighted by Crippen LogP contribution is -2.15. The van der Waals surface area contributed by atoms with Gasteiger partial charge in [-0.3, -0.25) is 9.98 Å². The third kappa shape index (κ3) is 4.86. The summed E-state index contributed by atoms with van der Waals surface area (Å²) in [4.78, 5) is 8.22. The van der Waals surface area contributed by atoms with E-state index >= 15 is 0 Å². The van der Waals surface area contributed by atoms with Crippen molar-refractivity contribution >= 4 is 12.4 Å². The first-order valence-corrected chi connectivity index (χ1v) is 7.21. The molecule has 0 radical (unpaired) electrons. The standard InChI is InChI=1S/C17H20N2O3/c20-15(11-18-9-13-5-1-3-7-16(13)21)12-19-10-14-6-2-4-8-17(14)22/h1-3,5-7,9-10,15,20-22H,4,8,11-12H2/b18-9+,19-10+. The number of nitrogens with zero attached hydrogens (tertiary/aromatic N) is 2. The normalized spacial score (nSPS) is 16.8. The Kier molecular flexibility index (Phi) is 5.91. The Balaban J connectivity index is 1.80. The Morgan fingerprint density at radius 1 is 1.09 bits per heavy atom. The molecule has 1 unspecified atom stereocenters. The quantitative estimate of drug-likeness (QED) is 0.705. The molecule has 1 atom stereocenters. The Morgan fingerprint density at radius 2 is 1.82 bits per heavy atom. The van der Waals surface area contributed by atoms with Gasteiger partial charge < -0.3 is 15.3 Å². The van der Waals surface area contributed by atoms with Crippen LogP contribution in [-0.2, 0) is 0 Å². The molecule has 116 valence electrons. The van der Waals surface area contributed by atoms with Crippen LogP contribution in [0.4, 0.5) is 0 Å². The van der Waals surface area contributed by atoms with Crippen molar-refractivity contribution in [3.63, 3.8) is 0 Å². The summed E-state index contributed by atoms with van der Waals surface area (Å²) in [5, 5.41) is 29.0. The minimum absolute atomic E-state index is 0.158. The summed E-state index contributed by atoms with van der Waals surface area (Å²) < 4.78 is 0. The van der Waals surface area contributed by atoms with Crippen molar-refractivity contribution in [3.05, 3.63) is 53.3 Å². The van der Waals surface area contributed by atoms with Crippen molar-refractivity contribution in [2.75, 3.05) is 13.1 Å². The predicted molar refractivity (Wildman–Crippen MR) is 88.0 cm³/mol. The number of rotatable bonds is 6. The number of aliphatic hydroxyl groups excluding tert-OH is 2. The number of para-hydroxylation sites is 1. The van der Waals surface area contributed by atoms with Crippen LogP contribution in [0.3, 0.4) is 0 Å². The number of aliphatic hydroxyl groups is 2. The second-order valence-corrected chi connectivity index (χ2v) is 5.04. The van der Waals surface area contributed by atoms with E-state index in [0.29, 0.717) is 23.3 Å². The van der Waals surface area contributed by atoms with Crippen LogP contribution >= 0.6 is 0 Å². The number of allylic oxidation sites excluding steroid dienone is 4. The van der Waals surface area contributed by atoms with E-state index in [-0.39, 0.29) is 18.8 Å². The molecule has 5 nitrogen and oxygen atoms in total. The molecule has 3 N–H and O–H groups in total. The second kappa shape index (κ2) is 8.14. The second-order valence-electron chi connectivity index (χ2n) is 5.04. The van der Waals surface area contributed by atoms with Gasteiger partial charge in [-0.2, -0.15) is 0 Å². The fourth-order valence-corrected chi connectivity index (χ4v) is 1.99. The highest BCUT2D eigenvalue weighted by atomic mass is 16.3. The summed E-state index contributed by atoms with van der Waals surface area (Å²) in [5.74, 6) is 0.489. The lowest BCUT2D eigenvalue weighted by Gasteiger charge is -2.07. The van der Waals surface area contributed by atoms with Crippen LogP contribution in [0.1, 0.15) is 18.4 Å². The lowest BCUT2D eigenvalue weighted by atomic mass is 10.1. The van der Waals surface area contributed by atoms with E-state index in [9.17, 15) is 15.3 Å². The first-order valence-electron chi connectivity index (χ1n) is 7.21. The molecule has 0 saturated heterocycles. The van der Waals surface area contributed by atoms with Crippen LogP contribution < -0.4 is 0 Å². The number of hydrogen-bond acceptors (Lipinski definition) is 5. The number of benzene rings is 1. The van der Waals surface area contributed by atoms with Gasteiger partial charge in [0.15, 0.2) is 0 Å². The predicted octanol–water partition coefficient (Wildman–Crippen LogP) is 2.40. The van der Waals surface area contributed by atoms with Gasteiger partial charge in [0.2, 0.25) is 0 Å². The van der Waals surface area contributed by atoms with Crippen LogP contribution in [0.5, 0.6) is 5.75 Å². The lowest BCUT2D eigenvalue weighted by molar-refractivity contribution is 0.193. The molecule has 0 aromatic heterocycles. The highest BCUT2D eigenvalue weighted by molar-refractivity contribution is 5.83. The smallest absolute Gasteiger partial charge is 0.124 e. The molecule has 0 fully saturated rings. The Hall–Kier alpha value is -2.40. The summed E-state index contributed by atoms with van der Waals surface area (Å²) in [6, 6.07) is 6.87. The average Bonchev–Trinajstić information content (AvgIpc) is 2.51. The first kappa shape index (κ1) is 16.0. The topological polar surface area (TPSA) is 85.4 Å². The van der Waals surface area contributed by atoms with E-state index in [4.69, 9.17) is 0 Å². The Labute approximate surface area is 129 Å². The van der Waals surface area contributed by atoms with Gasteiger partial charge in [-0.05, 0) is 18.6 Å². The van der Waals surface area contributed by atoms with Crippen LogP contribution in [0.15, 0.2) is 57.7 Å². The zero-order valence-corrected chi connectivity index (χ0v) is 12.3. The molecule has 1 aromatic rings. The molecule has 0 spiro atoms. The molecule has 0 amide bonds. The summed E-state index contributed by atoms with van der Waals surface area (Å²) in [6.07, 6.45) is 7.67. The summed E-state index contributed by atoms with van der Waals surface area (Å²) in [5.41, 5.74) is 1.30. The minimum atomic E-state index is -0.700. The number of phenolic OH excluding ortho intramolecular Hbond substituents is 1. The summed E-state index contributed by atoms with van der Waals surface area (Å²) >= 11 is 0. The number of hydrogen-bond donors (Lipinski definition) is 3. The van der Waals surface area contributed by atoms with Gasteiger partial charge in [-0.15, -0.1) is 0 Å². The molecular formula is C17H20N2O3. The maximum atomic E-state index is 9.81.